The van der Waals surface area contributed by atoms with Crippen molar-refractivity contribution in [1.29, 1.82) is 0 Å². The molecule has 20 heteroatoms. The number of carbonyl (C=O) groups is 8. The van der Waals surface area contributed by atoms with E-state index in [4.69, 9.17) is 0 Å². The van der Waals surface area contributed by atoms with Crippen LogP contribution in [0.5, 0.6) is 23.0 Å². The van der Waals surface area contributed by atoms with E-state index in [1.165, 1.54) is 24.3 Å². The van der Waals surface area contributed by atoms with E-state index < -0.39 is 46.9 Å². The summed E-state index contributed by atoms with van der Waals surface area (Å²) in [5.41, 5.74) is 0.224. The summed E-state index contributed by atoms with van der Waals surface area (Å²) in [6.45, 7) is 3.83. The summed E-state index contributed by atoms with van der Waals surface area (Å²) < 4.78 is 0. The number of aromatic carboxylic acids is 4. The molecule has 20 nitrogen and oxygen atoms in total. The van der Waals surface area contributed by atoms with E-state index in [2.05, 4.69) is 0 Å². The molecular formula is C66H68N4O16. The van der Waals surface area contributed by atoms with Gasteiger partial charge >= 0.3 is 23.9 Å². The third kappa shape index (κ3) is 14.9. The van der Waals surface area contributed by atoms with E-state index in [0.29, 0.717) is 89.0 Å². The van der Waals surface area contributed by atoms with Crippen molar-refractivity contribution in [2.45, 2.75) is 64.2 Å². The number of amides is 4. The first-order chi connectivity index (χ1) is 41.0. The standard InChI is InChI=1S/2C23H16O6.4C5H9NO/c2*24-20-16(14-7-3-1-5-12(14)9-18(20)22(26)27)11-17-15-8-4-2-6-13(15)10-19(21(17)25)23(28)29;4*1-6-4-2-3-5(6)7/h2*1-10,24-25H,11H2,(H,26,27)(H,28,29);4*2-4H2,1H3. The summed E-state index contributed by atoms with van der Waals surface area (Å²) in [6, 6.07) is 33.6. The SMILES string of the molecule is CN1CCCC1=O.CN1CCCC1=O.CN1CCCC1=O.CN1CCCC1=O.O=C(O)c1cc2ccccc2c(Cc2c(O)c(C(=O)O)cc3ccccc23)c1O.O=C(O)c1cc2ccccc2c(Cc2c(O)c(C(=O)O)cc3ccccc23)c1O. The van der Waals surface area contributed by atoms with Crippen LogP contribution in [-0.2, 0) is 32.0 Å². The molecule has 0 aromatic heterocycles. The summed E-state index contributed by atoms with van der Waals surface area (Å²) in [4.78, 5) is 95.5. The molecule has 0 atom stereocenters. The zero-order valence-electron chi connectivity index (χ0n) is 48.1. The molecule has 4 aliphatic rings. The van der Waals surface area contributed by atoms with Gasteiger partial charge < -0.3 is 60.5 Å². The van der Waals surface area contributed by atoms with E-state index in [-0.39, 0.29) is 35.1 Å². The molecule has 0 aliphatic carbocycles. The highest BCUT2D eigenvalue weighted by Crippen LogP contribution is 2.41. The molecule has 12 rings (SSSR count). The largest absolute Gasteiger partial charge is 0.507 e. The number of carbonyl (C=O) groups excluding carboxylic acids is 4. The maximum Gasteiger partial charge on any atom is 0.339 e. The summed E-state index contributed by atoms with van der Waals surface area (Å²) in [6.07, 6.45) is 7.16. The highest BCUT2D eigenvalue weighted by molar-refractivity contribution is 6.04. The highest BCUT2D eigenvalue weighted by Gasteiger charge is 2.25. The summed E-state index contributed by atoms with van der Waals surface area (Å²) in [5, 5.41) is 85.6. The van der Waals surface area contributed by atoms with Crippen molar-refractivity contribution >= 4 is 90.6 Å². The summed E-state index contributed by atoms with van der Waals surface area (Å²) >= 11 is 0. The summed E-state index contributed by atoms with van der Waals surface area (Å²) in [7, 11) is 7.37. The van der Waals surface area contributed by atoms with E-state index in [1.54, 1.807) is 117 Å². The Morgan fingerprint density at radius 1 is 0.337 bits per heavy atom. The normalized spacial score (nSPS) is 14.4. The van der Waals surface area contributed by atoms with Gasteiger partial charge in [-0.1, -0.05) is 97.1 Å². The number of rotatable bonds is 8. The van der Waals surface area contributed by atoms with Gasteiger partial charge in [0.1, 0.15) is 45.3 Å². The third-order valence-corrected chi connectivity index (χ3v) is 15.4. The van der Waals surface area contributed by atoms with Crippen LogP contribution in [0, 0.1) is 0 Å². The van der Waals surface area contributed by atoms with Gasteiger partial charge in [-0.3, -0.25) is 19.2 Å². The number of carboxylic acid groups (broad SMARTS) is 4. The van der Waals surface area contributed by atoms with Crippen molar-refractivity contribution in [3.05, 3.63) is 166 Å². The molecule has 0 unspecified atom stereocenters. The molecule has 4 fully saturated rings. The van der Waals surface area contributed by atoms with Crippen LogP contribution >= 0.6 is 0 Å². The first-order valence-corrected chi connectivity index (χ1v) is 27.8. The Labute approximate surface area is 495 Å². The van der Waals surface area contributed by atoms with Gasteiger partial charge in [-0.2, -0.15) is 0 Å². The maximum absolute atomic E-state index is 11.6. The minimum Gasteiger partial charge on any atom is -0.507 e. The van der Waals surface area contributed by atoms with Crippen molar-refractivity contribution < 1.29 is 79.2 Å². The van der Waals surface area contributed by atoms with E-state index in [1.807, 2.05) is 28.2 Å². The van der Waals surface area contributed by atoms with Crippen molar-refractivity contribution in [2.24, 2.45) is 0 Å². The topological polar surface area (TPSA) is 311 Å². The molecule has 4 saturated heterocycles. The Morgan fingerprint density at radius 2 is 0.523 bits per heavy atom. The molecular weight excluding hydrogens is 1100 g/mol. The third-order valence-electron chi connectivity index (χ3n) is 15.4. The number of phenols is 4. The number of benzene rings is 8. The quantitative estimate of drug-likeness (QED) is 0.0702. The van der Waals surface area contributed by atoms with Gasteiger partial charge in [-0.25, -0.2) is 19.2 Å². The number of aromatic hydroxyl groups is 4. The molecule has 0 saturated carbocycles. The molecule has 4 amide bonds. The number of hydrogen-bond donors (Lipinski definition) is 8. The van der Waals surface area contributed by atoms with E-state index in [9.17, 15) is 79.2 Å². The van der Waals surface area contributed by atoms with Gasteiger partial charge in [0, 0.05) is 115 Å². The number of fused-ring (bicyclic) bond motifs is 4. The van der Waals surface area contributed by atoms with Gasteiger partial charge in [0.25, 0.3) is 0 Å². The average Bonchev–Trinajstić information content (AvgIpc) is 1.36. The van der Waals surface area contributed by atoms with Crippen molar-refractivity contribution in [1.82, 2.24) is 19.6 Å². The Balaban J connectivity index is 0.000000170. The number of carboxylic acids is 4. The Morgan fingerprint density at radius 3 is 0.663 bits per heavy atom. The molecule has 0 radical (unpaired) electrons. The van der Waals surface area contributed by atoms with Crippen LogP contribution in [0.2, 0.25) is 0 Å². The van der Waals surface area contributed by atoms with Gasteiger partial charge in [0.05, 0.1) is 0 Å². The lowest BCUT2D eigenvalue weighted by atomic mass is 9.90. The van der Waals surface area contributed by atoms with Crippen LogP contribution in [0.3, 0.4) is 0 Å². The van der Waals surface area contributed by atoms with Crippen LogP contribution in [0.1, 0.15) is 115 Å². The first-order valence-electron chi connectivity index (χ1n) is 27.8. The molecule has 8 N–H and O–H groups in total. The predicted molar refractivity (Wildman–Crippen MR) is 323 cm³/mol. The zero-order chi connectivity index (χ0) is 62.5. The number of likely N-dealkylation sites (tertiary alicyclic amines) is 4. The fraction of sp³-hybridized carbons (Fsp3) is 0.273. The fourth-order valence-electron chi connectivity index (χ4n) is 10.5. The minimum atomic E-state index is -1.28. The molecule has 0 bridgehead atoms. The number of nitrogens with zero attached hydrogens (tertiary/aromatic N) is 4. The lowest BCUT2D eigenvalue weighted by Gasteiger charge is -2.16. The summed E-state index contributed by atoms with van der Waals surface area (Å²) in [5.74, 6) is -5.54. The molecule has 4 heterocycles. The lowest BCUT2D eigenvalue weighted by Crippen LogP contribution is -2.17. The maximum atomic E-state index is 11.6. The predicted octanol–water partition coefficient (Wildman–Crippen LogP) is 9.74. The van der Waals surface area contributed by atoms with Gasteiger partial charge in [-0.05, 0) is 93.0 Å². The lowest BCUT2D eigenvalue weighted by molar-refractivity contribution is -0.127. The molecule has 86 heavy (non-hydrogen) atoms. The fourth-order valence-corrected chi connectivity index (χ4v) is 10.5. The van der Waals surface area contributed by atoms with Crippen molar-refractivity contribution in [2.75, 3.05) is 54.4 Å². The second-order valence-electron chi connectivity index (χ2n) is 21.1. The molecule has 4 aliphatic heterocycles. The Bertz CT molecular complexity index is 3430. The Kier molecular flexibility index (Phi) is 20.9. The monoisotopic (exact) mass is 1170 g/mol. The van der Waals surface area contributed by atoms with Gasteiger partial charge in [0.2, 0.25) is 23.6 Å². The Hall–Kier alpha value is -10.2. The molecule has 8 aromatic rings. The molecule has 448 valence electrons. The van der Waals surface area contributed by atoms with Crippen LogP contribution in [-0.4, -0.2) is 162 Å². The smallest absolute Gasteiger partial charge is 0.339 e. The second-order valence-corrected chi connectivity index (χ2v) is 21.1. The van der Waals surface area contributed by atoms with Crippen LogP contribution in [0.25, 0.3) is 43.1 Å². The van der Waals surface area contributed by atoms with Crippen molar-refractivity contribution in [3.63, 3.8) is 0 Å². The first kappa shape index (κ1) is 63.3. The van der Waals surface area contributed by atoms with Crippen LogP contribution in [0.4, 0.5) is 0 Å². The van der Waals surface area contributed by atoms with Crippen LogP contribution < -0.4 is 0 Å². The highest BCUT2D eigenvalue weighted by atomic mass is 16.4. The minimum absolute atomic E-state index is 0.0407. The van der Waals surface area contributed by atoms with Gasteiger partial charge in [-0.15, -0.1) is 0 Å². The molecule has 8 aromatic carbocycles. The van der Waals surface area contributed by atoms with E-state index >= 15 is 0 Å². The van der Waals surface area contributed by atoms with Crippen molar-refractivity contribution in [3.8, 4) is 23.0 Å². The van der Waals surface area contributed by atoms with Gasteiger partial charge in [0.15, 0.2) is 0 Å². The second kappa shape index (κ2) is 28.4. The molecule has 0 spiro atoms. The average molecular weight is 1170 g/mol. The number of hydrogen-bond acceptors (Lipinski definition) is 12. The zero-order valence-corrected chi connectivity index (χ0v) is 48.1. The van der Waals surface area contributed by atoms with Crippen LogP contribution in [0.15, 0.2) is 121 Å². The van der Waals surface area contributed by atoms with E-state index in [0.717, 1.165) is 77.5 Å².